The van der Waals surface area contributed by atoms with E-state index in [0.29, 0.717) is 17.8 Å². The van der Waals surface area contributed by atoms with E-state index in [-0.39, 0.29) is 5.56 Å². The van der Waals surface area contributed by atoms with Crippen molar-refractivity contribution in [2.45, 2.75) is 26.9 Å². The molecular formula is C16H18N4O. The lowest BCUT2D eigenvalue weighted by atomic mass is 10.1. The number of hydrogen-bond acceptors (Lipinski definition) is 3. The van der Waals surface area contributed by atoms with Crippen LogP contribution in [0.5, 0.6) is 0 Å². The molecule has 0 fully saturated rings. The molecule has 108 valence electrons. The van der Waals surface area contributed by atoms with E-state index < -0.39 is 0 Å². The Morgan fingerprint density at radius 3 is 2.86 bits per heavy atom. The van der Waals surface area contributed by atoms with Crippen LogP contribution in [0.25, 0.3) is 10.9 Å². The van der Waals surface area contributed by atoms with Gasteiger partial charge in [0.2, 0.25) is 0 Å². The van der Waals surface area contributed by atoms with Gasteiger partial charge in [-0.15, -0.1) is 0 Å². The lowest BCUT2D eigenvalue weighted by Gasteiger charge is -2.14. The largest absolute Gasteiger partial charge is 0.337 e. The normalized spacial score (nSPS) is 12.7. The van der Waals surface area contributed by atoms with Crippen LogP contribution in [0.3, 0.4) is 0 Å². The van der Waals surface area contributed by atoms with Crippen LogP contribution in [0.2, 0.25) is 0 Å². The van der Waals surface area contributed by atoms with Crippen molar-refractivity contribution in [2.75, 3.05) is 0 Å². The van der Waals surface area contributed by atoms with Crippen LogP contribution in [0.1, 0.15) is 12.5 Å². The van der Waals surface area contributed by atoms with Crippen molar-refractivity contribution in [3.63, 3.8) is 0 Å². The van der Waals surface area contributed by atoms with Crippen LogP contribution in [-0.4, -0.2) is 19.1 Å². The fourth-order valence-electron chi connectivity index (χ4n) is 2.55. The van der Waals surface area contributed by atoms with Gasteiger partial charge >= 0.3 is 0 Å². The SMILES string of the molecule is Cc1ccc2ncn(CC(C)Cn3ccnc3)c(=O)c2c1. The van der Waals surface area contributed by atoms with E-state index in [4.69, 9.17) is 0 Å². The molecule has 5 nitrogen and oxygen atoms in total. The molecule has 1 aromatic carbocycles. The van der Waals surface area contributed by atoms with Crippen molar-refractivity contribution in [1.82, 2.24) is 19.1 Å². The maximum atomic E-state index is 12.5. The summed E-state index contributed by atoms with van der Waals surface area (Å²) in [7, 11) is 0. The molecule has 0 spiro atoms. The fourth-order valence-corrected chi connectivity index (χ4v) is 2.55. The van der Waals surface area contributed by atoms with E-state index in [9.17, 15) is 4.79 Å². The zero-order chi connectivity index (χ0) is 14.8. The molecule has 1 unspecified atom stereocenters. The summed E-state index contributed by atoms with van der Waals surface area (Å²) in [4.78, 5) is 20.9. The monoisotopic (exact) mass is 282 g/mol. The Balaban J connectivity index is 1.87. The number of nitrogens with zero attached hydrogens (tertiary/aromatic N) is 4. The Bertz CT molecular complexity index is 805. The first-order valence-corrected chi connectivity index (χ1v) is 7.05. The predicted octanol–water partition coefficient (Wildman–Crippen LogP) is 2.24. The average Bonchev–Trinajstić information content (AvgIpc) is 2.95. The molecule has 0 amide bonds. The number of aromatic nitrogens is 4. The van der Waals surface area contributed by atoms with Crippen LogP contribution >= 0.6 is 0 Å². The Morgan fingerprint density at radius 1 is 1.24 bits per heavy atom. The van der Waals surface area contributed by atoms with E-state index in [1.807, 2.05) is 35.9 Å². The average molecular weight is 282 g/mol. The summed E-state index contributed by atoms with van der Waals surface area (Å²) in [6.45, 7) is 5.58. The standard InChI is InChI=1S/C16H18N4O/c1-12-3-4-15-14(7-12)16(21)20(11-18-15)9-13(2)8-19-6-5-17-10-19/h3-7,10-11,13H,8-9H2,1-2H3. The second-order valence-electron chi connectivity index (χ2n) is 5.59. The van der Waals surface area contributed by atoms with Crippen LogP contribution in [0.4, 0.5) is 0 Å². The molecule has 3 aromatic rings. The van der Waals surface area contributed by atoms with Crippen molar-refractivity contribution in [2.24, 2.45) is 5.92 Å². The van der Waals surface area contributed by atoms with Gasteiger partial charge in [0.15, 0.2) is 0 Å². The second kappa shape index (κ2) is 5.52. The van der Waals surface area contributed by atoms with E-state index in [0.717, 1.165) is 17.6 Å². The molecule has 2 aromatic heterocycles. The molecule has 2 heterocycles. The minimum atomic E-state index is 0.0289. The Hall–Kier alpha value is -2.43. The topological polar surface area (TPSA) is 52.7 Å². The van der Waals surface area contributed by atoms with E-state index in [1.54, 1.807) is 23.4 Å². The van der Waals surface area contributed by atoms with Crippen LogP contribution in [-0.2, 0) is 13.1 Å². The van der Waals surface area contributed by atoms with Gasteiger partial charge in [0.05, 0.1) is 23.6 Å². The van der Waals surface area contributed by atoms with E-state index in [1.165, 1.54) is 0 Å². The number of rotatable bonds is 4. The lowest BCUT2D eigenvalue weighted by molar-refractivity contribution is 0.410. The fraction of sp³-hybridized carbons (Fsp3) is 0.312. The number of imidazole rings is 1. The first-order chi connectivity index (χ1) is 10.1. The van der Waals surface area contributed by atoms with Gasteiger partial charge in [-0.3, -0.25) is 9.36 Å². The third-order valence-corrected chi connectivity index (χ3v) is 3.57. The highest BCUT2D eigenvalue weighted by molar-refractivity contribution is 5.77. The predicted molar refractivity (Wildman–Crippen MR) is 82.1 cm³/mol. The number of hydrogen-bond donors (Lipinski definition) is 0. The molecule has 5 heteroatoms. The quantitative estimate of drug-likeness (QED) is 0.737. The minimum Gasteiger partial charge on any atom is -0.337 e. The van der Waals surface area contributed by atoms with Gasteiger partial charge in [0.25, 0.3) is 5.56 Å². The molecule has 0 saturated heterocycles. The van der Waals surface area contributed by atoms with Gasteiger partial charge in [-0.05, 0) is 25.0 Å². The highest BCUT2D eigenvalue weighted by atomic mass is 16.1. The highest BCUT2D eigenvalue weighted by Gasteiger charge is 2.08. The summed E-state index contributed by atoms with van der Waals surface area (Å²) in [5.41, 5.74) is 1.86. The van der Waals surface area contributed by atoms with Gasteiger partial charge < -0.3 is 4.57 Å². The summed E-state index contributed by atoms with van der Waals surface area (Å²) in [5, 5.41) is 0.687. The molecule has 21 heavy (non-hydrogen) atoms. The summed E-state index contributed by atoms with van der Waals surface area (Å²) in [5.74, 6) is 0.320. The van der Waals surface area contributed by atoms with Gasteiger partial charge in [0, 0.05) is 25.5 Å². The summed E-state index contributed by atoms with van der Waals surface area (Å²) in [6, 6.07) is 5.77. The highest BCUT2D eigenvalue weighted by Crippen LogP contribution is 2.10. The Labute approximate surface area is 122 Å². The van der Waals surface area contributed by atoms with Gasteiger partial charge in [-0.2, -0.15) is 0 Å². The maximum absolute atomic E-state index is 12.5. The third-order valence-electron chi connectivity index (χ3n) is 3.57. The molecule has 0 radical (unpaired) electrons. The van der Waals surface area contributed by atoms with Crippen molar-refractivity contribution >= 4 is 10.9 Å². The molecule has 0 aliphatic heterocycles. The molecular weight excluding hydrogens is 264 g/mol. The number of aryl methyl sites for hydroxylation is 1. The summed E-state index contributed by atoms with van der Waals surface area (Å²) >= 11 is 0. The summed E-state index contributed by atoms with van der Waals surface area (Å²) < 4.78 is 3.72. The Kier molecular flexibility index (Phi) is 3.56. The molecule has 3 rings (SSSR count). The van der Waals surface area contributed by atoms with Crippen molar-refractivity contribution in [3.8, 4) is 0 Å². The molecule has 0 bridgehead atoms. The second-order valence-corrected chi connectivity index (χ2v) is 5.59. The zero-order valence-electron chi connectivity index (χ0n) is 12.2. The summed E-state index contributed by atoms with van der Waals surface area (Å²) in [6.07, 6.45) is 7.13. The van der Waals surface area contributed by atoms with Crippen molar-refractivity contribution in [3.05, 3.63) is 59.2 Å². The van der Waals surface area contributed by atoms with Crippen LogP contribution < -0.4 is 5.56 Å². The van der Waals surface area contributed by atoms with Gasteiger partial charge in [-0.25, -0.2) is 9.97 Å². The lowest BCUT2D eigenvalue weighted by Crippen LogP contribution is -2.25. The van der Waals surface area contributed by atoms with Crippen molar-refractivity contribution in [1.29, 1.82) is 0 Å². The zero-order valence-corrected chi connectivity index (χ0v) is 12.2. The number of benzene rings is 1. The molecule has 0 saturated carbocycles. The van der Waals surface area contributed by atoms with Gasteiger partial charge in [-0.1, -0.05) is 18.6 Å². The molecule has 0 aliphatic rings. The number of fused-ring (bicyclic) bond motifs is 1. The van der Waals surface area contributed by atoms with E-state index >= 15 is 0 Å². The smallest absolute Gasteiger partial charge is 0.261 e. The van der Waals surface area contributed by atoms with E-state index in [2.05, 4.69) is 16.9 Å². The Morgan fingerprint density at radius 2 is 2.10 bits per heavy atom. The van der Waals surface area contributed by atoms with Crippen LogP contribution in [0, 0.1) is 12.8 Å². The van der Waals surface area contributed by atoms with Crippen molar-refractivity contribution < 1.29 is 0 Å². The molecule has 1 atom stereocenters. The molecule has 0 N–H and O–H groups in total. The first kappa shape index (κ1) is 13.5. The van der Waals surface area contributed by atoms with Crippen LogP contribution in [0.15, 0.2) is 48.0 Å². The molecule has 0 aliphatic carbocycles. The minimum absolute atomic E-state index is 0.0289. The van der Waals surface area contributed by atoms with Gasteiger partial charge in [0.1, 0.15) is 0 Å². The third kappa shape index (κ3) is 2.86. The maximum Gasteiger partial charge on any atom is 0.261 e. The first-order valence-electron chi connectivity index (χ1n) is 7.05.